The summed E-state index contributed by atoms with van der Waals surface area (Å²) in [6, 6.07) is -2.03. The highest BCUT2D eigenvalue weighted by Gasteiger charge is 2.76. The summed E-state index contributed by atoms with van der Waals surface area (Å²) in [5.41, 5.74) is -29.0. The molecule has 274 valence electrons. The molecule has 1 heterocycles. The van der Waals surface area contributed by atoms with Crippen LogP contribution in [0.5, 0.6) is 0 Å². The molecule has 49 heavy (non-hydrogen) atoms. The fourth-order valence-corrected chi connectivity index (χ4v) is 4.81. The summed E-state index contributed by atoms with van der Waals surface area (Å²) < 4.78 is 284. The van der Waals surface area contributed by atoms with Crippen molar-refractivity contribution in [3.05, 3.63) is 69.3 Å². The minimum Gasteiger partial charge on any atom is -0.371 e. The number of rotatable bonds is 4. The van der Waals surface area contributed by atoms with Crippen LogP contribution < -0.4 is 0 Å². The van der Waals surface area contributed by atoms with Crippen LogP contribution in [0.25, 0.3) is 0 Å². The molecule has 1 saturated heterocycles. The molecule has 2 aromatic carbocycles. The first kappa shape index (κ1) is 39.9. The van der Waals surface area contributed by atoms with Crippen molar-refractivity contribution in [2.24, 2.45) is 0 Å². The number of ether oxygens (including phenoxy) is 2. The van der Waals surface area contributed by atoms with Crippen molar-refractivity contribution >= 4 is 0 Å². The number of nitrogens with zero attached hydrogens (tertiary/aromatic N) is 1. The van der Waals surface area contributed by atoms with Crippen LogP contribution in [-0.4, -0.2) is 37.9 Å². The lowest BCUT2D eigenvalue weighted by Gasteiger charge is -2.34. The molecule has 0 spiro atoms. The van der Waals surface area contributed by atoms with Crippen LogP contribution in [0.2, 0.25) is 0 Å². The minimum absolute atomic E-state index is 0.0948. The lowest BCUT2D eigenvalue weighted by Crippen LogP contribution is -2.52. The molecule has 3 rings (SSSR count). The van der Waals surface area contributed by atoms with Crippen molar-refractivity contribution in [1.82, 2.24) is 0 Å². The maximum absolute atomic E-state index is 15.0. The largest absolute Gasteiger partial charge is 0.435 e. The van der Waals surface area contributed by atoms with Gasteiger partial charge in [-0.2, -0.15) is 84.3 Å². The van der Waals surface area contributed by atoms with Crippen LogP contribution in [0.1, 0.15) is 57.6 Å². The predicted molar refractivity (Wildman–Crippen MR) is 119 cm³/mol. The van der Waals surface area contributed by atoms with Gasteiger partial charge in [-0.15, -0.1) is 0 Å². The summed E-state index contributed by atoms with van der Waals surface area (Å²) in [6.45, 7) is -1.87. The summed E-state index contributed by atoms with van der Waals surface area (Å²) >= 11 is 0. The molecule has 0 aromatic heterocycles. The van der Waals surface area contributed by atoms with E-state index in [0.29, 0.717) is 6.07 Å². The zero-order valence-corrected chi connectivity index (χ0v) is 23.0. The van der Waals surface area contributed by atoms with E-state index in [0.717, 1.165) is 0 Å². The Kier molecular flexibility index (Phi) is 10.0. The molecule has 2 aromatic rings. The van der Waals surface area contributed by atoms with Gasteiger partial charge in [0.25, 0.3) is 0 Å². The Bertz CT molecular complexity index is 1450. The van der Waals surface area contributed by atoms with Crippen molar-refractivity contribution in [3.63, 3.8) is 0 Å². The van der Waals surface area contributed by atoms with E-state index in [-0.39, 0.29) is 12.1 Å². The molecule has 0 radical (unpaired) electrons. The van der Waals surface area contributed by atoms with Crippen LogP contribution in [0.4, 0.5) is 87.8 Å². The van der Waals surface area contributed by atoms with Crippen LogP contribution in [0, 0.1) is 11.3 Å². The van der Waals surface area contributed by atoms with Crippen molar-refractivity contribution < 1.29 is 97.3 Å². The highest BCUT2D eigenvalue weighted by Crippen LogP contribution is 2.58. The molecule has 1 aliphatic heterocycles. The van der Waals surface area contributed by atoms with Gasteiger partial charge >= 0.3 is 48.4 Å². The van der Waals surface area contributed by atoms with Crippen LogP contribution in [0.15, 0.2) is 30.3 Å². The Morgan fingerprint density at radius 1 is 0.490 bits per heavy atom. The Balaban J connectivity index is 2.38. The third-order valence-corrected chi connectivity index (χ3v) is 7.09. The van der Waals surface area contributed by atoms with Crippen molar-refractivity contribution in [2.75, 3.05) is 13.2 Å². The first-order valence-corrected chi connectivity index (χ1v) is 12.6. The molecule has 2 unspecified atom stereocenters. The van der Waals surface area contributed by atoms with E-state index in [1.807, 2.05) is 0 Å². The zero-order chi connectivity index (χ0) is 38.0. The fourth-order valence-electron chi connectivity index (χ4n) is 4.81. The highest BCUT2D eigenvalue weighted by molar-refractivity contribution is 5.50. The molecule has 23 heteroatoms. The molecule has 3 nitrogen and oxygen atoms in total. The van der Waals surface area contributed by atoms with Gasteiger partial charge in [-0.05, 0) is 41.5 Å². The van der Waals surface area contributed by atoms with E-state index in [4.69, 9.17) is 14.7 Å². The lowest BCUT2D eigenvalue weighted by atomic mass is 9.84. The second kappa shape index (κ2) is 12.3. The summed E-state index contributed by atoms with van der Waals surface area (Å²) in [5.74, 6) is 0. The zero-order valence-electron chi connectivity index (χ0n) is 23.0. The average Bonchev–Trinajstić information content (AvgIpc) is 3.18. The summed E-state index contributed by atoms with van der Waals surface area (Å²) in [4.78, 5) is 0. The average molecular weight is 751 g/mol. The first-order valence-electron chi connectivity index (χ1n) is 12.6. The molecule has 0 amide bonds. The second-order valence-corrected chi connectivity index (χ2v) is 10.2. The van der Waals surface area contributed by atoms with E-state index < -0.39 is 137 Å². The van der Waals surface area contributed by atoms with Crippen molar-refractivity contribution in [2.45, 2.75) is 67.0 Å². The molecule has 0 aliphatic carbocycles. The maximum Gasteiger partial charge on any atom is 0.435 e. The molecule has 0 bridgehead atoms. The smallest absolute Gasteiger partial charge is 0.371 e. The van der Waals surface area contributed by atoms with E-state index in [9.17, 15) is 79.0 Å². The SMILES string of the molecule is N#Cc1c(C(F)(F)F)cc(C2CC(c3cc(C(F)(C(F)(F)F)C(F)(F)F)cc(C(F)(C(F)(F)F)C(F)(F)F)c3)OCCO2)cc1C(F)(F)F. The van der Waals surface area contributed by atoms with Gasteiger partial charge in [0.05, 0.1) is 42.1 Å². The van der Waals surface area contributed by atoms with Gasteiger partial charge in [0, 0.05) is 17.5 Å². The van der Waals surface area contributed by atoms with Crippen LogP contribution in [0.3, 0.4) is 0 Å². The van der Waals surface area contributed by atoms with E-state index in [2.05, 4.69) is 0 Å². The van der Waals surface area contributed by atoms with Gasteiger partial charge in [-0.1, -0.05) is 0 Å². The predicted octanol–water partition coefficient (Wildman–Crippen LogP) is 10.4. The number of halogens is 20. The standard InChI is InChI=1S/C26H13F20NO2/c27-19(23(35,36)37,24(38,39)40)12-3-10(4-13(7-12)20(28,25(41,42)43)26(44,45)46)17-8-18(49-2-1-48-17)11-5-15(21(29,30)31)14(9-47)16(6-11)22(32,33)34/h3-7,17-18H,1-2,8H2. The Hall–Kier alpha value is -3.55. The normalized spacial score (nSPS) is 19.4. The molecular formula is C26H13F20NO2. The molecule has 1 aliphatic rings. The third-order valence-electron chi connectivity index (χ3n) is 7.09. The van der Waals surface area contributed by atoms with Crippen LogP contribution in [-0.2, 0) is 33.2 Å². The van der Waals surface area contributed by atoms with Crippen molar-refractivity contribution in [3.8, 4) is 6.07 Å². The van der Waals surface area contributed by atoms with Gasteiger partial charge in [-0.3, -0.25) is 0 Å². The maximum atomic E-state index is 15.0. The molecule has 1 fully saturated rings. The van der Waals surface area contributed by atoms with Gasteiger partial charge in [-0.25, -0.2) is 8.78 Å². The quantitative estimate of drug-likeness (QED) is 0.292. The van der Waals surface area contributed by atoms with E-state index in [1.165, 1.54) is 0 Å². The molecule has 0 saturated carbocycles. The van der Waals surface area contributed by atoms with Gasteiger partial charge in [0.1, 0.15) is 6.07 Å². The minimum atomic E-state index is -7.18. The topological polar surface area (TPSA) is 42.2 Å². The number of hydrogen-bond donors (Lipinski definition) is 0. The monoisotopic (exact) mass is 751 g/mol. The number of alkyl halides is 20. The third kappa shape index (κ3) is 7.20. The summed E-state index contributed by atoms with van der Waals surface area (Å²) in [6.07, 6.45) is -46.2. The van der Waals surface area contributed by atoms with E-state index >= 15 is 8.78 Å². The lowest BCUT2D eigenvalue weighted by molar-refractivity contribution is -0.350. The van der Waals surface area contributed by atoms with Gasteiger partial charge in [0.15, 0.2) is 0 Å². The second-order valence-electron chi connectivity index (χ2n) is 10.2. The number of nitriles is 1. The fraction of sp³-hybridized carbons (Fsp3) is 0.500. The van der Waals surface area contributed by atoms with E-state index in [1.54, 1.807) is 0 Å². The highest BCUT2D eigenvalue weighted by atomic mass is 19.4. The molecule has 0 N–H and O–H groups in total. The Morgan fingerprint density at radius 3 is 1.06 bits per heavy atom. The summed E-state index contributed by atoms with van der Waals surface area (Å²) in [5, 5.41) is 8.99. The Morgan fingerprint density at radius 2 is 0.796 bits per heavy atom. The molecular weight excluding hydrogens is 738 g/mol. The van der Waals surface area contributed by atoms with Crippen molar-refractivity contribution in [1.29, 1.82) is 5.26 Å². The first-order chi connectivity index (χ1) is 21.8. The van der Waals surface area contributed by atoms with Crippen LogP contribution >= 0.6 is 0 Å². The number of benzene rings is 2. The van der Waals surface area contributed by atoms with Gasteiger partial charge < -0.3 is 9.47 Å². The Labute approximate surface area is 259 Å². The summed E-state index contributed by atoms with van der Waals surface area (Å²) in [7, 11) is 0. The van der Waals surface area contributed by atoms with Gasteiger partial charge in [0.2, 0.25) is 0 Å². The number of hydrogen-bond acceptors (Lipinski definition) is 3. The molecule has 2 atom stereocenters.